The second-order valence-corrected chi connectivity index (χ2v) is 4.35. The predicted octanol–water partition coefficient (Wildman–Crippen LogP) is 2.25. The number of aromatic amines is 1. The predicted molar refractivity (Wildman–Crippen MR) is 75.8 cm³/mol. The van der Waals surface area contributed by atoms with Crippen molar-refractivity contribution in [3.8, 4) is 0 Å². The molecule has 0 spiro atoms. The summed E-state index contributed by atoms with van der Waals surface area (Å²) < 4.78 is 4.87. The molecule has 0 aliphatic rings. The molecule has 0 bridgehead atoms. The van der Waals surface area contributed by atoms with Gasteiger partial charge in [-0.05, 0) is 25.1 Å². The van der Waals surface area contributed by atoms with Gasteiger partial charge in [0.15, 0.2) is 0 Å². The highest BCUT2D eigenvalue weighted by Gasteiger charge is 2.13. The van der Waals surface area contributed by atoms with Crippen molar-refractivity contribution in [2.24, 2.45) is 0 Å². The molecule has 0 unspecified atom stereocenters. The van der Waals surface area contributed by atoms with Crippen LogP contribution in [0, 0.1) is 0 Å². The highest BCUT2D eigenvalue weighted by molar-refractivity contribution is 5.96. The summed E-state index contributed by atoms with van der Waals surface area (Å²) in [7, 11) is 0. The normalized spacial score (nSPS) is 10.8. The fourth-order valence-corrected chi connectivity index (χ4v) is 2.10. The maximum atomic E-state index is 11.9. The number of para-hydroxylation sites is 1. The Morgan fingerprint density at radius 3 is 2.85 bits per heavy atom. The SMILES string of the molecule is CCOC(=O)c1cc2cc3ccccc3nc2[nH]c1=O. The van der Waals surface area contributed by atoms with Crippen molar-refractivity contribution in [3.05, 3.63) is 52.3 Å². The molecule has 5 nitrogen and oxygen atoms in total. The van der Waals surface area contributed by atoms with E-state index in [4.69, 9.17) is 4.74 Å². The zero-order chi connectivity index (χ0) is 14.1. The molecule has 1 N–H and O–H groups in total. The van der Waals surface area contributed by atoms with Crippen LogP contribution in [0.4, 0.5) is 0 Å². The minimum absolute atomic E-state index is 0.00330. The van der Waals surface area contributed by atoms with E-state index in [0.29, 0.717) is 11.0 Å². The van der Waals surface area contributed by atoms with E-state index in [-0.39, 0.29) is 12.2 Å². The standard InChI is InChI=1S/C15H12N2O3/c1-2-20-15(19)11-8-10-7-9-5-3-4-6-12(9)16-13(10)17-14(11)18/h3-8H,2H2,1H3,(H,16,17,18). The van der Waals surface area contributed by atoms with E-state index < -0.39 is 11.5 Å². The lowest BCUT2D eigenvalue weighted by molar-refractivity contribution is 0.0524. The van der Waals surface area contributed by atoms with Gasteiger partial charge in [-0.3, -0.25) is 4.79 Å². The number of hydrogen-bond donors (Lipinski definition) is 1. The minimum Gasteiger partial charge on any atom is -0.462 e. The number of hydrogen-bond acceptors (Lipinski definition) is 4. The first-order valence-electron chi connectivity index (χ1n) is 6.29. The van der Waals surface area contributed by atoms with Crippen molar-refractivity contribution in [2.45, 2.75) is 6.92 Å². The van der Waals surface area contributed by atoms with Crippen LogP contribution >= 0.6 is 0 Å². The zero-order valence-corrected chi connectivity index (χ0v) is 10.8. The van der Waals surface area contributed by atoms with Gasteiger partial charge in [0, 0.05) is 10.8 Å². The van der Waals surface area contributed by atoms with Gasteiger partial charge in [-0.25, -0.2) is 9.78 Å². The number of carbonyl (C=O) groups is 1. The van der Waals surface area contributed by atoms with Gasteiger partial charge < -0.3 is 9.72 Å². The summed E-state index contributed by atoms with van der Waals surface area (Å²) in [6, 6.07) is 11.0. The number of pyridine rings is 2. The molecule has 20 heavy (non-hydrogen) atoms. The maximum Gasteiger partial charge on any atom is 0.343 e. The summed E-state index contributed by atoms with van der Waals surface area (Å²) in [4.78, 5) is 30.6. The first kappa shape index (κ1) is 12.3. The Morgan fingerprint density at radius 2 is 2.05 bits per heavy atom. The molecule has 0 aliphatic carbocycles. The lowest BCUT2D eigenvalue weighted by Crippen LogP contribution is -2.19. The van der Waals surface area contributed by atoms with Gasteiger partial charge in [-0.15, -0.1) is 0 Å². The number of ether oxygens (including phenoxy) is 1. The molecule has 2 aromatic heterocycles. The van der Waals surface area contributed by atoms with Crippen LogP contribution in [0.25, 0.3) is 21.9 Å². The number of esters is 1. The minimum atomic E-state index is -0.621. The second kappa shape index (κ2) is 4.77. The molecule has 0 saturated carbocycles. The number of aromatic nitrogens is 2. The van der Waals surface area contributed by atoms with Crippen molar-refractivity contribution in [1.29, 1.82) is 0 Å². The molecule has 0 aliphatic heterocycles. The Kier molecular flexibility index (Phi) is 2.95. The van der Waals surface area contributed by atoms with Gasteiger partial charge in [0.1, 0.15) is 11.2 Å². The highest BCUT2D eigenvalue weighted by Crippen LogP contribution is 2.17. The Hall–Kier alpha value is -2.69. The number of carbonyl (C=O) groups excluding carboxylic acids is 1. The average Bonchev–Trinajstić information content (AvgIpc) is 2.44. The molecular weight excluding hydrogens is 256 g/mol. The van der Waals surface area contributed by atoms with E-state index >= 15 is 0 Å². The van der Waals surface area contributed by atoms with Crippen LogP contribution in [0.1, 0.15) is 17.3 Å². The van der Waals surface area contributed by atoms with E-state index in [0.717, 1.165) is 10.9 Å². The third kappa shape index (κ3) is 2.03. The van der Waals surface area contributed by atoms with E-state index in [2.05, 4.69) is 9.97 Å². The third-order valence-corrected chi connectivity index (χ3v) is 3.03. The van der Waals surface area contributed by atoms with Crippen LogP contribution in [-0.2, 0) is 4.74 Å². The molecule has 3 rings (SSSR count). The Balaban J connectivity index is 2.26. The third-order valence-electron chi connectivity index (χ3n) is 3.03. The van der Waals surface area contributed by atoms with Gasteiger partial charge in [0.2, 0.25) is 0 Å². The van der Waals surface area contributed by atoms with Crippen molar-refractivity contribution in [3.63, 3.8) is 0 Å². The summed E-state index contributed by atoms with van der Waals surface area (Å²) in [6.45, 7) is 1.93. The van der Waals surface area contributed by atoms with Crippen molar-refractivity contribution in [2.75, 3.05) is 6.61 Å². The maximum absolute atomic E-state index is 11.9. The number of fused-ring (bicyclic) bond motifs is 2. The van der Waals surface area contributed by atoms with E-state index in [1.165, 1.54) is 6.07 Å². The van der Waals surface area contributed by atoms with Crippen molar-refractivity contribution in [1.82, 2.24) is 9.97 Å². The van der Waals surface area contributed by atoms with E-state index in [1.54, 1.807) is 6.92 Å². The lowest BCUT2D eigenvalue weighted by Gasteiger charge is -2.04. The van der Waals surface area contributed by atoms with Gasteiger partial charge in [-0.1, -0.05) is 18.2 Å². The number of H-pyrrole nitrogens is 1. The smallest absolute Gasteiger partial charge is 0.343 e. The molecule has 5 heteroatoms. The van der Waals surface area contributed by atoms with Gasteiger partial charge in [0.25, 0.3) is 5.56 Å². The summed E-state index contributed by atoms with van der Waals surface area (Å²) in [5.74, 6) is -0.621. The molecular formula is C15H12N2O3. The summed E-state index contributed by atoms with van der Waals surface area (Å²) in [6.07, 6.45) is 0. The van der Waals surface area contributed by atoms with Gasteiger partial charge >= 0.3 is 5.97 Å². The van der Waals surface area contributed by atoms with Crippen LogP contribution in [0.15, 0.2) is 41.2 Å². The number of nitrogens with one attached hydrogen (secondary N) is 1. The molecule has 2 heterocycles. The van der Waals surface area contributed by atoms with Gasteiger partial charge in [0.05, 0.1) is 12.1 Å². The van der Waals surface area contributed by atoms with E-state index in [9.17, 15) is 9.59 Å². The monoisotopic (exact) mass is 268 g/mol. The summed E-state index contributed by atoms with van der Waals surface area (Å²) in [5.41, 5.74) is 0.761. The Labute approximate surface area is 114 Å². The fourth-order valence-electron chi connectivity index (χ4n) is 2.10. The topological polar surface area (TPSA) is 72.0 Å². The number of benzene rings is 1. The van der Waals surface area contributed by atoms with E-state index in [1.807, 2.05) is 30.3 Å². The Bertz CT molecular complexity index is 868. The number of rotatable bonds is 2. The quantitative estimate of drug-likeness (QED) is 0.571. The summed E-state index contributed by atoms with van der Waals surface area (Å²) in [5, 5.41) is 1.65. The van der Waals surface area contributed by atoms with Crippen molar-refractivity contribution >= 4 is 27.9 Å². The largest absolute Gasteiger partial charge is 0.462 e. The molecule has 0 atom stereocenters. The Morgan fingerprint density at radius 1 is 1.25 bits per heavy atom. The summed E-state index contributed by atoms with van der Waals surface area (Å²) >= 11 is 0. The van der Waals surface area contributed by atoms with Gasteiger partial charge in [-0.2, -0.15) is 0 Å². The number of nitrogens with zero attached hydrogens (tertiary/aromatic N) is 1. The molecule has 0 radical (unpaired) electrons. The highest BCUT2D eigenvalue weighted by atomic mass is 16.5. The molecule has 3 aromatic rings. The molecule has 100 valence electrons. The second-order valence-electron chi connectivity index (χ2n) is 4.35. The zero-order valence-electron chi connectivity index (χ0n) is 10.8. The van der Waals surface area contributed by atoms with Crippen LogP contribution < -0.4 is 5.56 Å². The first-order chi connectivity index (χ1) is 9.69. The van der Waals surface area contributed by atoms with Crippen LogP contribution in [0.3, 0.4) is 0 Å². The van der Waals surface area contributed by atoms with Crippen molar-refractivity contribution < 1.29 is 9.53 Å². The molecule has 0 amide bonds. The molecule has 0 fully saturated rings. The fraction of sp³-hybridized carbons (Fsp3) is 0.133. The van der Waals surface area contributed by atoms with Crippen LogP contribution in [0.2, 0.25) is 0 Å². The first-order valence-corrected chi connectivity index (χ1v) is 6.29. The molecule has 1 aromatic carbocycles. The van der Waals surface area contributed by atoms with Crippen LogP contribution in [0.5, 0.6) is 0 Å². The lowest BCUT2D eigenvalue weighted by atomic mass is 10.1. The molecule has 0 saturated heterocycles. The van der Waals surface area contributed by atoms with Crippen LogP contribution in [-0.4, -0.2) is 22.5 Å². The average molecular weight is 268 g/mol.